The van der Waals surface area contributed by atoms with Gasteiger partial charge in [-0.15, -0.1) is 10.2 Å². The minimum Gasteiger partial charge on any atom is -0.296 e. The van der Waals surface area contributed by atoms with Gasteiger partial charge in [-0.2, -0.15) is 0 Å². The highest BCUT2D eigenvalue weighted by molar-refractivity contribution is 14.1. The molecule has 0 fully saturated rings. The van der Waals surface area contributed by atoms with Crippen molar-refractivity contribution in [2.45, 2.75) is 31.1 Å². The van der Waals surface area contributed by atoms with Gasteiger partial charge in [0.15, 0.2) is 0 Å². The Balaban J connectivity index is 2.29. The number of nitrogens with one attached hydrogen (secondary N) is 1. The van der Waals surface area contributed by atoms with Crippen LogP contribution in [0, 0.1) is 3.57 Å². The Morgan fingerprint density at radius 2 is 1.96 bits per heavy atom. The van der Waals surface area contributed by atoms with Crippen molar-refractivity contribution in [3.63, 3.8) is 0 Å². The first-order valence-electron chi connectivity index (χ1n) is 6.38. The maximum atomic E-state index is 12.4. The second-order valence-corrected chi connectivity index (χ2v) is 10.4. The van der Waals surface area contributed by atoms with Crippen LogP contribution in [0.1, 0.15) is 36.1 Å². The quantitative estimate of drug-likeness (QED) is 0.530. The summed E-state index contributed by atoms with van der Waals surface area (Å²) in [5.74, 6) is -0.465. The number of carbonyl (C=O) groups is 1. The molecule has 0 bridgehead atoms. The van der Waals surface area contributed by atoms with Gasteiger partial charge in [-0.25, -0.2) is 8.42 Å². The molecule has 1 amide bonds. The van der Waals surface area contributed by atoms with E-state index in [1.807, 2.05) is 43.4 Å². The minimum absolute atomic E-state index is 0.127. The van der Waals surface area contributed by atoms with Crippen LogP contribution in [0.15, 0.2) is 23.1 Å². The molecule has 0 saturated carbocycles. The van der Waals surface area contributed by atoms with Crippen molar-refractivity contribution in [2.24, 2.45) is 0 Å². The second-order valence-electron chi connectivity index (χ2n) is 5.70. The van der Waals surface area contributed by atoms with Crippen molar-refractivity contribution < 1.29 is 13.2 Å². The van der Waals surface area contributed by atoms with Gasteiger partial charge in [0.05, 0.1) is 10.5 Å². The topological polar surface area (TPSA) is 89.0 Å². The highest BCUT2D eigenvalue weighted by Crippen LogP contribution is 2.28. The molecule has 0 atom stereocenters. The van der Waals surface area contributed by atoms with Crippen molar-refractivity contribution in [1.29, 1.82) is 0 Å². The van der Waals surface area contributed by atoms with Crippen LogP contribution in [-0.4, -0.2) is 24.5 Å². The summed E-state index contributed by atoms with van der Waals surface area (Å²) < 4.78 is 23.4. The van der Waals surface area contributed by atoms with Crippen LogP contribution in [0.4, 0.5) is 5.13 Å². The molecule has 2 rings (SSSR count). The molecule has 23 heavy (non-hydrogen) atoms. The van der Waals surface area contributed by atoms with E-state index in [-0.39, 0.29) is 15.9 Å². The molecule has 6 nitrogen and oxygen atoms in total. The number of hydrogen-bond donors (Lipinski definition) is 1. The van der Waals surface area contributed by atoms with Crippen LogP contribution in [0.3, 0.4) is 0 Å². The number of hydrogen-bond acceptors (Lipinski definition) is 6. The molecule has 1 heterocycles. The average molecular weight is 486 g/mol. The molecule has 0 unspecified atom stereocenters. The largest absolute Gasteiger partial charge is 0.296 e. The fourth-order valence-corrected chi connectivity index (χ4v) is 3.73. The predicted octanol–water partition coefficient (Wildman–Crippen LogP) is 3.62. The number of carbonyl (C=O) groups excluding carboxylic acids is 1. The summed E-state index contributed by atoms with van der Waals surface area (Å²) in [7, 11) is 1.42. The molecule has 124 valence electrons. The number of halogens is 2. The molecule has 0 saturated heterocycles. The zero-order chi connectivity index (χ0) is 17.4. The molecule has 1 N–H and O–H groups in total. The number of rotatable bonds is 3. The Bertz CT molecular complexity index is 860. The normalized spacial score (nSPS) is 12.2. The lowest BCUT2D eigenvalue weighted by Gasteiger charge is -2.12. The smallest absolute Gasteiger partial charge is 0.261 e. The van der Waals surface area contributed by atoms with E-state index >= 15 is 0 Å². The summed E-state index contributed by atoms with van der Waals surface area (Å²) in [6, 6.07) is 4.11. The third-order valence-corrected chi connectivity index (χ3v) is 6.31. The summed E-state index contributed by atoms with van der Waals surface area (Å²) in [4.78, 5) is 12.2. The number of amides is 1. The van der Waals surface area contributed by atoms with Crippen LogP contribution < -0.4 is 5.32 Å². The van der Waals surface area contributed by atoms with Crippen LogP contribution in [-0.2, 0) is 14.5 Å². The minimum atomic E-state index is -3.90. The van der Waals surface area contributed by atoms with Crippen molar-refractivity contribution in [1.82, 2.24) is 10.2 Å². The summed E-state index contributed by atoms with van der Waals surface area (Å²) in [5, 5.41) is 11.8. The van der Waals surface area contributed by atoms with Gasteiger partial charge in [0.1, 0.15) is 5.01 Å². The van der Waals surface area contributed by atoms with E-state index in [1.54, 1.807) is 0 Å². The lowest BCUT2D eigenvalue weighted by atomic mass is 9.98. The third kappa shape index (κ3) is 4.61. The van der Waals surface area contributed by atoms with Crippen molar-refractivity contribution in [2.75, 3.05) is 5.32 Å². The van der Waals surface area contributed by atoms with Gasteiger partial charge in [-0.05, 0) is 40.8 Å². The van der Waals surface area contributed by atoms with E-state index < -0.39 is 15.0 Å². The zero-order valence-electron chi connectivity index (χ0n) is 12.4. The molecule has 0 radical (unpaired) electrons. The van der Waals surface area contributed by atoms with Gasteiger partial charge < -0.3 is 0 Å². The molecule has 0 aliphatic rings. The summed E-state index contributed by atoms with van der Waals surface area (Å²) >= 11 is 3.23. The lowest BCUT2D eigenvalue weighted by molar-refractivity contribution is 0.102. The Kier molecular flexibility index (Phi) is 5.34. The molecular formula is C13H13ClIN3O3S2. The number of aromatic nitrogens is 2. The third-order valence-electron chi connectivity index (χ3n) is 2.75. The fourth-order valence-electron chi connectivity index (χ4n) is 1.57. The number of benzene rings is 1. The van der Waals surface area contributed by atoms with E-state index in [9.17, 15) is 13.2 Å². The first kappa shape index (κ1) is 18.6. The molecule has 0 aliphatic heterocycles. The predicted molar refractivity (Wildman–Crippen MR) is 98.8 cm³/mol. The molecule has 1 aromatic heterocycles. The molecule has 2 aromatic rings. The summed E-state index contributed by atoms with van der Waals surface area (Å²) in [6.45, 7) is 5.99. The lowest BCUT2D eigenvalue weighted by Crippen LogP contribution is -2.14. The molecule has 0 spiro atoms. The van der Waals surface area contributed by atoms with E-state index in [2.05, 4.69) is 15.5 Å². The maximum absolute atomic E-state index is 12.4. The molecule has 1 aromatic carbocycles. The first-order valence-corrected chi connectivity index (χ1v) is 10.6. The van der Waals surface area contributed by atoms with Crippen molar-refractivity contribution in [3.05, 3.63) is 32.3 Å². The van der Waals surface area contributed by atoms with Crippen molar-refractivity contribution >= 4 is 64.7 Å². The second kappa shape index (κ2) is 6.61. The van der Waals surface area contributed by atoms with Gasteiger partial charge in [0, 0.05) is 19.7 Å². The van der Waals surface area contributed by atoms with E-state index in [0.717, 1.165) is 5.01 Å². The van der Waals surface area contributed by atoms with Crippen LogP contribution in [0.25, 0.3) is 0 Å². The monoisotopic (exact) mass is 485 g/mol. The SMILES string of the molecule is CC(C)(C)c1nnc(NC(=O)c2cc(S(=O)(=O)Cl)ccc2I)s1. The molecule has 10 heteroatoms. The van der Waals surface area contributed by atoms with Gasteiger partial charge >= 0.3 is 0 Å². The standard InChI is InChI=1S/C13H13ClIN3O3S2/c1-13(2,3)11-17-18-12(22-11)16-10(19)8-6-7(23(14,20)21)4-5-9(8)15/h4-6H,1-3H3,(H,16,18,19). The molecular weight excluding hydrogens is 473 g/mol. The highest BCUT2D eigenvalue weighted by atomic mass is 127. The van der Waals surface area contributed by atoms with E-state index in [4.69, 9.17) is 10.7 Å². The summed E-state index contributed by atoms with van der Waals surface area (Å²) in [6.07, 6.45) is 0. The van der Waals surface area contributed by atoms with Gasteiger partial charge in [-0.1, -0.05) is 32.1 Å². The Hall–Kier alpha value is -0.780. The van der Waals surface area contributed by atoms with Gasteiger partial charge in [0.2, 0.25) is 5.13 Å². The number of nitrogens with zero attached hydrogens (tertiary/aromatic N) is 2. The van der Waals surface area contributed by atoms with E-state index in [0.29, 0.717) is 8.70 Å². The van der Waals surface area contributed by atoms with E-state index in [1.165, 1.54) is 29.5 Å². The zero-order valence-corrected chi connectivity index (χ0v) is 17.0. The first-order chi connectivity index (χ1) is 10.5. The van der Waals surface area contributed by atoms with Crippen LogP contribution >= 0.6 is 44.6 Å². The Morgan fingerprint density at radius 1 is 1.30 bits per heavy atom. The fraction of sp³-hybridized carbons (Fsp3) is 0.308. The Labute approximate surface area is 156 Å². The van der Waals surface area contributed by atoms with Gasteiger partial charge in [-0.3, -0.25) is 10.1 Å². The van der Waals surface area contributed by atoms with Crippen LogP contribution in [0.5, 0.6) is 0 Å². The van der Waals surface area contributed by atoms with Crippen LogP contribution in [0.2, 0.25) is 0 Å². The Morgan fingerprint density at radius 3 is 2.48 bits per heavy atom. The molecule has 0 aliphatic carbocycles. The number of anilines is 1. The van der Waals surface area contributed by atoms with Crippen molar-refractivity contribution in [3.8, 4) is 0 Å². The average Bonchev–Trinajstić information content (AvgIpc) is 2.86. The highest BCUT2D eigenvalue weighted by Gasteiger charge is 2.21. The maximum Gasteiger partial charge on any atom is 0.261 e. The van der Waals surface area contributed by atoms with Gasteiger partial charge in [0.25, 0.3) is 15.0 Å². The summed E-state index contributed by atoms with van der Waals surface area (Å²) in [5.41, 5.74) is 0.0432.